The molecule has 6 aromatic carbocycles. The molecule has 6 rings (SSSR count). The van der Waals surface area contributed by atoms with E-state index in [-0.39, 0.29) is 25.8 Å². The van der Waals surface area contributed by atoms with Gasteiger partial charge in [-0.25, -0.2) is 3.63 Å². The van der Waals surface area contributed by atoms with Crippen molar-refractivity contribution in [2.24, 2.45) is 0 Å². The van der Waals surface area contributed by atoms with Crippen LogP contribution in [0.15, 0.2) is 178 Å². The largest absolute Gasteiger partial charge is 0.460 e. The Morgan fingerprint density at radius 3 is 1.09 bits per heavy atom. The van der Waals surface area contributed by atoms with Crippen molar-refractivity contribution in [2.75, 3.05) is 0 Å². The van der Waals surface area contributed by atoms with Crippen LogP contribution in [-0.2, 0) is 13.7 Å². The van der Waals surface area contributed by atoms with Gasteiger partial charge in [-0.15, -0.1) is 0 Å². The van der Waals surface area contributed by atoms with Crippen molar-refractivity contribution in [1.82, 2.24) is 0 Å². The Balaban J connectivity index is 1.81. The van der Waals surface area contributed by atoms with Crippen molar-refractivity contribution < 1.29 is 51.6 Å². The summed E-state index contributed by atoms with van der Waals surface area (Å²) in [6, 6.07) is 41.9. The molecular weight excluding hydrogens is 764 g/mol. The molecule has 0 fully saturated rings. The molecule has 14 heteroatoms. The Hall–Kier alpha value is -5.05. The monoisotopic (exact) mass is 790 g/mol. The Bertz CT molecular complexity index is 2230. The van der Waals surface area contributed by atoms with Crippen molar-refractivity contribution in [3.63, 3.8) is 0 Å². The second-order valence-corrected chi connectivity index (χ2v) is 16.3. The smallest absolute Gasteiger partial charge is 0.202 e. The van der Waals surface area contributed by atoms with E-state index >= 15 is 17.6 Å². The average molecular weight is 791 g/mol. The van der Waals surface area contributed by atoms with Crippen LogP contribution in [0.25, 0.3) is 33.4 Å². The molecule has 0 unspecified atom stereocenters. The van der Waals surface area contributed by atoms with Gasteiger partial charge in [0.05, 0.1) is 0 Å². The molecule has 0 radical (unpaired) electrons. The van der Waals surface area contributed by atoms with Gasteiger partial charge in [0, 0.05) is 14.7 Å². The van der Waals surface area contributed by atoms with Crippen LogP contribution < -0.4 is 0 Å². The highest BCUT2D eigenvalue weighted by Gasteiger charge is 2.86. The summed E-state index contributed by atoms with van der Waals surface area (Å²) in [6.45, 7) is 0. The molecule has 0 aromatic heterocycles. The Labute approximate surface area is 306 Å². The molecule has 0 amide bonds. The number of benzene rings is 6. The molecule has 0 heterocycles. The second-order valence-electron chi connectivity index (χ2n) is 11.9. The van der Waals surface area contributed by atoms with E-state index in [1.165, 1.54) is 60.7 Å². The zero-order valence-corrected chi connectivity index (χ0v) is 29.2. The second kappa shape index (κ2) is 14.3. The molecule has 280 valence electrons. The number of hydrogen-bond donors (Lipinski definition) is 0. The van der Waals surface area contributed by atoms with E-state index < -0.39 is 43.7 Å². The van der Waals surface area contributed by atoms with E-state index in [4.69, 9.17) is 3.63 Å². The van der Waals surface area contributed by atoms with Crippen LogP contribution >= 0.6 is 10.3 Å². The molecule has 0 saturated heterocycles. The van der Waals surface area contributed by atoms with Gasteiger partial charge in [-0.1, -0.05) is 127 Å². The maximum atomic E-state index is 15.8. The lowest BCUT2D eigenvalue weighted by Gasteiger charge is -2.43. The van der Waals surface area contributed by atoms with Gasteiger partial charge in [0.2, 0.25) is 0 Å². The van der Waals surface area contributed by atoms with Crippen LogP contribution in [0.3, 0.4) is 0 Å². The normalized spacial score (nSPS) is 13.4. The van der Waals surface area contributed by atoms with E-state index in [1.54, 1.807) is 103 Å². The highest BCUT2D eigenvalue weighted by molar-refractivity contribution is 8.33. The summed E-state index contributed by atoms with van der Waals surface area (Å²) in [5.41, 5.74) is 2.25. The number of hydrogen-bond acceptors (Lipinski definition) is 3. The van der Waals surface area contributed by atoms with Gasteiger partial charge in [-0.05, 0) is 80.1 Å². The van der Waals surface area contributed by atoms with Crippen molar-refractivity contribution >= 4 is 20.4 Å². The summed E-state index contributed by atoms with van der Waals surface area (Å²) in [5.74, 6) is -15.0. The molecule has 0 saturated carbocycles. The van der Waals surface area contributed by atoms with Crippen molar-refractivity contribution in [1.29, 1.82) is 0 Å². The highest BCUT2D eigenvalue weighted by Crippen LogP contribution is 2.74. The van der Waals surface area contributed by atoms with Gasteiger partial charge in [0.15, 0.2) is 0 Å². The first-order valence-corrected chi connectivity index (χ1v) is 18.9. The van der Waals surface area contributed by atoms with Gasteiger partial charge in [-0.3, -0.25) is 0 Å². The third-order valence-electron chi connectivity index (χ3n) is 8.42. The minimum absolute atomic E-state index is 0.151. The third kappa shape index (κ3) is 6.56. The highest BCUT2D eigenvalue weighted by atomic mass is 32.3. The minimum atomic E-state index is -7.53. The molecular formula is C40H27F9O3S2. The molecule has 0 spiro atoms. The van der Waals surface area contributed by atoms with Gasteiger partial charge in [0.1, 0.15) is 0 Å². The molecule has 0 bridgehead atoms. The zero-order chi connectivity index (χ0) is 39.0. The zero-order valence-electron chi connectivity index (χ0n) is 27.5. The molecule has 3 nitrogen and oxygen atoms in total. The van der Waals surface area contributed by atoms with Crippen molar-refractivity contribution in [3.8, 4) is 33.4 Å². The van der Waals surface area contributed by atoms with Crippen molar-refractivity contribution in [3.05, 3.63) is 164 Å². The SMILES string of the molecule is O=S(=O)(OS(c1ccccc1)(c1ccccc1)c1c(-c2ccccc2)cc(-c2ccccc2)cc1-c1ccccc1)C(F)(F)C(F)(F)C(F)(F)C(F)(F)F. The molecule has 6 aromatic rings. The molecule has 0 atom stereocenters. The van der Waals surface area contributed by atoms with Gasteiger partial charge >= 0.3 is 33.4 Å². The van der Waals surface area contributed by atoms with E-state index in [0.29, 0.717) is 22.3 Å². The Kier molecular flexibility index (Phi) is 10.2. The first-order chi connectivity index (χ1) is 25.5. The van der Waals surface area contributed by atoms with Gasteiger partial charge in [0.25, 0.3) is 0 Å². The number of rotatable bonds is 11. The predicted octanol–water partition coefficient (Wildman–Crippen LogP) is 12.7. The molecule has 0 aliphatic carbocycles. The fraction of sp³-hybridized carbons (Fsp3) is 0.100. The third-order valence-corrected chi connectivity index (χ3v) is 13.7. The lowest BCUT2D eigenvalue weighted by atomic mass is 9.93. The number of alkyl halides is 9. The van der Waals surface area contributed by atoms with Crippen LogP contribution in [0.5, 0.6) is 0 Å². The fourth-order valence-corrected chi connectivity index (χ4v) is 11.4. The summed E-state index contributed by atoms with van der Waals surface area (Å²) in [4.78, 5) is -0.533. The quantitative estimate of drug-likeness (QED) is 0.123. The topological polar surface area (TPSA) is 43.4 Å². The van der Waals surface area contributed by atoms with Gasteiger partial charge in [-0.2, -0.15) is 47.9 Å². The first-order valence-electron chi connectivity index (χ1n) is 15.9. The first kappa shape index (κ1) is 38.7. The molecule has 0 aliphatic heterocycles. The lowest BCUT2D eigenvalue weighted by Crippen LogP contribution is -2.63. The van der Waals surface area contributed by atoms with E-state index in [9.17, 15) is 30.4 Å². The molecule has 54 heavy (non-hydrogen) atoms. The summed E-state index contributed by atoms with van der Waals surface area (Å²) >= 11 is 0. The van der Waals surface area contributed by atoms with E-state index in [1.807, 2.05) is 0 Å². The average Bonchev–Trinajstić information content (AvgIpc) is 3.17. The fourth-order valence-electron chi connectivity index (χ4n) is 5.80. The van der Waals surface area contributed by atoms with Crippen LogP contribution in [0.4, 0.5) is 39.5 Å². The maximum Gasteiger partial charge on any atom is 0.460 e. The summed E-state index contributed by atoms with van der Waals surface area (Å²) in [5, 5.41) is -7.13. The van der Waals surface area contributed by atoms with Gasteiger partial charge < -0.3 is 0 Å². The summed E-state index contributed by atoms with van der Waals surface area (Å²) in [6.07, 6.45) is -7.27. The lowest BCUT2D eigenvalue weighted by molar-refractivity contribution is -0.382. The molecule has 0 aliphatic rings. The van der Waals surface area contributed by atoms with E-state index in [0.717, 1.165) is 0 Å². The Morgan fingerprint density at radius 1 is 0.407 bits per heavy atom. The van der Waals surface area contributed by atoms with E-state index in [2.05, 4.69) is 0 Å². The van der Waals surface area contributed by atoms with Crippen LogP contribution in [0.2, 0.25) is 0 Å². The maximum absolute atomic E-state index is 15.8. The van der Waals surface area contributed by atoms with Crippen LogP contribution in [-0.4, -0.2) is 31.7 Å². The standard InChI is InChI=1S/C40H27F9O3S2/c41-37(42,39(45,46)47)38(43,44)40(48,49)54(50,51)52-53(32-22-12-4-13-23-32,33-24-14-5-15-25-33)36-34(29-18-8-2-9-19-29)26-31(28-16-6-1-7-17-28)27-35(36)30-20-10-3-11-21-30/h1-27H. The predicted molar refractivity (Wildman–Crippen MR) is 189 cm³/mol. The van der Waals surface area contributed by atoms with Crippen molar-refractivity contribution in [2.45, 2.75) is 38.0 Å². The molecule has 0 N–H and O–H groups in total. The van der Waals surface area contributed by atoms with Crippen LogP contribution in [0.1, 0.15) is 0 Å². The number of halogens is 9. The van der Waals surface area contributed by atoms with Crippen LogP contribution in [0, 0.1) is 0 Å². The minimum Gasteiger partial charge on any atom is -0.202 e. The summed E-state index contributed by atoms with van der Waals surface area (Å²) < 4.78 is 163. The Morgan fingerprint density at radius 2 is 0.741 bits per heavy atom. The summed E-state index contributed by atoms with van der Waals surface area (Å²) in [7, 11) is -11.8.